The van der Waals surface area contributed by atoms with Crippen molar-refractivity contribution < 1.29 is 14.3 Å². The number of thioether (sulfide) groups is 1. The van der Waals surface area contributed by atoms with Crippen LogP contribution in [-0.4, -0.2) is 47.6 Å². The Hall–Kier alpha value is -3.42. The standard InChI is InChI=1S/C21H19N5O3S2/c1-26(2)18(27)12-29-17-5-3-4-16(10-17)19(28)23-20-24-25-21(31-20)30-13-15-8-6-14(11-22)7-9-15/h3-10H,12-13H2,1-2H3,(H,23,24,28). The molecular formula is C21H19N5O3S2. The van der Waals surface area contributed by atoms with E-state index in [4.69, 9.17) is 10.00 Å². The average Bonchev–Trinajstić information content (AvgIpc) is 3.23. The molecule has 0 unspecified atom stereocenters. The average molecular weight is 454 g/mol. The Morgan fingerprint density at radius 2 is 1.97 bits per heavy atom. The van der Waals surface area contributed by atoms with E-state index in [1.165, 1.54) is 28.0 Å². The van der Waals surface area contributed by atoms with E-state index in [1.54, 1.807) is 50.5 Å². The van der Waals surface area contributed by atoms with E-state index in [1.807, 2.05) is 12.1 Å². The van der Waals surface area contributed by atoms with E-state index >= 15 is 0 Å². The topological polar surface area (TPSA) is 108 Å². The molecule has 0 aliphatic rings. The van der Waals surface area contributed by atoms with E-state index in [-0.39, 0.29) is 18.4 Å². The van der Waals surface area contributed by atoms with Crippen molar-refractivity contribution in [2.45, 2.75) is 10.1 Å². The number of hydrogen-bond acceptors (Lipinski definition) is 8. The van der Waals surface area contributed by atoms with Crippen molar-refractivity contribution >= 4 is 40.0 Å². The molecule has 0 radical (unpaired) electrons. The van der Waals surface area contributed by atoms with E-state index in [2.05, 4.69) is 21.6 Å². The van der Waals surface area contributed by atoms with Gasteiger partial charge in [0.15, 0.2) is 10.9 Å². The lowest BCUT2D eigenvalue weighted by Crippen LogP contribution is -2.27. The summed E-state index contributed by atoms with van der Waals surface area (Å²) in [6, 6.07) is 16.0. The first-order valence-corrected chi connectivity index (χ1v) is 10.9. The first kappa shape index (κ1) is 22.3. The first-order valence-electron chi connectivity index (χ1n) is 9.14. The van der Waals surface area contributed by atoms with Gasteiger partial charge in [0.05, 0.1) is 11.6 Å². The number of benzene rings is 2. The van der Waals surface area contributed by atoms with Gasteiger partial charge in [-0.1, -0.05) is 41.3 Å². The maximum absolute atomic E-state index is 12.5. The summed E-state index contributed by atoms with van der Waals surface area (Å²) >= 11 is 2.78. The van der Waals surface area contributed by atoms with Crippen molar-refractivity contribution in [3.8, 4) is 11.8 Å². The Morgan fingerprint density at radius 1 is 1.19 bits per heavy atom. The first-order chi connectivity index (χ1) is 14.9. The molecule has 3 rings (SSSR count). The number of nitrogens with zero attached hydrogens (tertiary/aromatic N) is 4. The largest absolute Gasteiger partial charge is 0.484 e. The number of anilines is 1. The fourth-order valence-electron chi connectivity index (χ4n) is 2.31. The molecule has 2 aromatic carbocycles. The molecule has 0 aliphatic carbocycles. The lowest BCUT2D eigenvalue weighted by Gasteiger charge is -2.11. The van der Waals surface area contributed by atoms with Crippen LogP contribution in [-0.2, 0) is 10.5 Å². The number of aromatic nitrogens is 2. The highest BCUT2D eigenvalue weighted by molar-refractivity contribution is 8.00. The van der Waals surface area contributed by atoms with Crippen molar-refractivity contribution in [3.05, 3.63) is 65.2 Å². The van der Waals surface area contributed by atoms with Crippen LogP contribution >= 0.6 is 23.1 Å². The zero-order valence-corrected chi connectivity index (χ0v) is 18.5. The molecule has 8 nitrogen and oxygen atoms in total. The van der Waals surface area contributed by atoms with Crippen LogP contribution in [0.2, 0.25) is 0 Å². The van der Waals surface area contributed by atoms with Crippen LogP contribution in [0.5, 0.6) is 5.75 Å². The summed E-state index contributed by atoms with van der Waals surface area (Å²) in [5.74, 6) is 0.594. The van der Waals surface area contributed by atoms with Crippen LogP contribution in [0.3, 0.4) is 0 Å². The van der Waals surface area contributed by atoms with Gasteiger partial charge in [0.1, 0.15) is 5.75 Å². The molecule has 0 bridgehead atoms. The van der Waals surface area contributed by atoms with Crippen molar-refractivity contribution in [1.82, 2.24) is 15.1 Å². The summed E-state index contributed by atoms with van der Waals surface area (Å²) in [6.45, 7) is -0.103. The fraction of sp³-hybridized carbons (Fsp3) is 0.190. The lowest BCUT2D eigenvalue weighted by atomic mass is 10.2. The maximum atomic E-state index is 12.5. The highest BCUT2D eigenvalue weighted by Gasteiger charge is 2.12. The second-order valence-electron chi connectivity index (χ2n) is 6.53. The Morgan fingerprint density at radius 3 is 2.68 bits per heavy atom. The van der Waals surface area contributed by atoms with Gasteiger partial charge in [-0.05, 0) is 35.9 Å². The second-order valence-corrected chi connectivity index (χ2v) is 8.73. The molecule has 158 valence electrons. The van der Waals surface area contributed by atoms with Gasteiger partial charge < -0.3 is 9.64 Å². The van der Waals surface area contributed by atoms with Crippen LogP contribution in [0.25, 0.3) is 0 Å². The smallest absolute Gasteiger partial charge is 0.259 e. The van der Waals surface area contributed by atoms with Gasteiger partial charge in [0, 0.05) is 25.4 Å². The zero-order chi connectivity index (χ0) is 22.2. The number of ether oxygens (including phenoxy) is 1. The zero-order valence-electron chi connectivity index (χ0n) is 16.9. The molecule has 1 aromatic heterocycles. The van der Waals surface area contributed by atoms with Crippen LogP contribution in [0, 0.1) is 11.3 Å². The molecule has 0 spiro atoms. The van der Waals surface area contributed by atoms with Gasteiger partial charge in [0.2, 0.25) is 5.13 Å². The van der Waals surface area contributed by atoms with Gasteiger partial charge in [-0.3, -0.25) is 14.9 Å². The Kier molecular flexibility index (Phi) is 7.59. The summed E-state index contributed by atoms with van der Waals surface area (Å²) < 4.78 is 6.17. The van der Waals surface area contributed by atoms with E-state index in [9.17, 15) is 9.59 Å². The Balaban J connectivity index is 1.55. The van der Waals surface area contributed by atoms with E-state index in [0.29, 0.717) is 27.8 Å². The number of likely N-dealkylation sites (N-methyl/N-ethyl adjacent to an activating group) is 1. The molecule has 0 saturated carbocycles. The molecular weight excluding hydrogens is 434 g/mol. The number of nitriles is 1. The highest BCUT2D eigenvalue weighted by Crippen LogP contribution is 2.28. The number of amides is 2. The number of carbonyl (C=O) groups is 2. The van der Waals surface area contributed by atoms with Crippen LogP contribution < -0.4 is 10.1 Å². The molecule has 3 aromatic rings. The number of nitrogens with one attached hydrogen (secondary N) is 1. The Bertz CT molecular complexity index is 1110. The van der Waals surface area contributed by atoms with Crippen LogP contribution in [0.4, 0.5) is 5.13 Å². The van der Waals surface area contributed by atoms with E-state index < -0.39 is 0 Å². The summed E-state index contributed by atoms with van der Waals surface area (Å²) in [5.41, 5.74) is 2.07. The quantitative estimate of drug-likeness (QED) is 0.411. The van der Waals surface area contributed by atoms with Crippen molar-refractivity contribution in [1.29, 1.82) is 5.26 Å². The van der Waals surface area contributed by atoms with Gasteiger partial charge >= 0.3 is 0 Å². The van der Waals surface area contributed by atoms with Crippen LogP contribution in [0.15, 0.2) is 52.9 Å². The molecule has 10 heteroatoms. The SMILES string of the molecule is CN(C)C(=O)COc1cccc(C(=O)Nc2nnc(SCc3ccc(C#N)cc3)s2)c1. The van der Waals surface area contributed by atoms with Gasteiger partial charge in [0.25, 0.3) is 11.8 Å². The summed E-state index contributed by atoms with van der Waals surface area (Å²) in [4.78, 5) is 25.6. The monoisotopic (exact) mass is 453 g/mol. The Labute approximate surface area is 187 Å². The third-order valence-electron chi connectivity index (χ3n) is 4.03. The van der Waals surface area contributed by atoms with Crippen molar-refractivity contribution in [3.63, 3.8) is 0 Å². The van der Waals surface area contributed by atoms with Crippen molar-refractivity contribution in [2.75, 3.05) is 26.0 Å². The second kappa shape index (κ2) is 10.6. The summed E-state index contributed by atoms with van der Waals surface area (Å²) in [7, 11) is 3.29. The minimum atomic E-state index is -0.343. The predicted molar refractivity (Wildman–Crippen MR) is 119 cm³/mol. The summed E-state index contributed by atoms with van der Waals surface area (Å²) in [5, 5.41) is 20.1. The van der Waals surface area contributed by atoms with Crippen molar-refractivity contribution in [2.24, 2.45) is 0 Å². The normalized spacial score (nSPS) is 10.2. The predicted octanol–water partition coefficient (Wildman–Crippen LogP) is 3.42. The maximum Gasteiger partial charge on any atom is 0.259 e. The molecule has 31 heavy (non-hydrogen) atoms. The highest BCUT2D eigenvalue weighted by atomic mass is 32.2. The summed E-state index contributed by atoms with van der Waals surface area (Å²) in [6.07, 6.45) is 0. The number of rotatable bonds is 8. The minimum Gasteiger partial charge on any atom is -0.484 e. The van der Waals surface area contributed by atoms with E-state index in [0.717, 1.165) is 9.90 Å². The third kappa shape index (κ3) is 6.53. The number of hydrogen-bond donors (Lipinski definition) is 1. The fourth-order valence-corrected chi connectivity index (χ4v) is 4.01. The molecule has 2 amide bonds. The molecule has 1 N–H and O–H groups in total. The van der Waals surface area contributed by atoms with Gasteiger partial charge in [-0.15, -0.1) is 10.2 Å². The molecule has 0 aliphatic heterocycles. The molecule has 1 heterocycles. The minimum absolute atomic E-state index is 0.103. The molecule has 0 fully saturated rings. The van der Waals surface area contributed by atoms with Gasteiger partial charge in [-0.25, -0.2) is 0 Å². The molecule has 0 atom stereocenters. The number of carbonyl (C=O) groups excluding carboxylic acids is 2. The third-order valence-corrected chi connectivity index (χ3v) is 6.07. The van der Waals surface area contributed by atoms with Crippen LogP contribution in [0.1, 0.15) is 21.5 Å². The molecule has 0 saturated heterocycles. The lowest BCUT2D eigenvalue weighted by molar-refractivity contribution is -0.130. The van der Waals surface area contributed by atoms with Gasteiger partial charge in [-0.2, -0.15) is 5.26 Å².